The normalized spacial score (nSPS) is 10.6. The molecule has 0 radical (unpaired) electrons. The molecular weight excluding hydrogens is 422 g/mol. The second kappa shape index (κ2) is 9.86. The van der Waals surface area contributed by atoms with Crippen molar-refractivity contribution < 1.29 is 23.3 Å². The van der Waals surface area contributed by atoms with Crippen LogP contribution < -0.4 is 15.4 Å². The van der Waals surface area contributed by atoms with Crippen molar-refractivity contribution >= 4 is 17.5 Å². The maximum absolute atomic E-state index is 12.8. The van der Waals surface area contributed by atoms with Gasteiger partial charge < -0.3 is 24.3 Å². The molecule has 0 aliphatic rings. The van der Waals surface area contributed by atoms with Gasteiger partial charge in [0.05, 0.1) is 35.3 Å². The van der Waals surface area contributed by atoms with Crippen molar-refractivity contribution in [1.29, 1.82) is 0 Å². The molecule has 4 aromatic rings. The molecule has 2 aromatic carbocycles. The quantitative estimate of drug-likeness (QED) is 0.409. The Balaban J connectivity index is 1.38. The molecule has 4 rings (SSSR count). The zero-order valence-electron chi connectivity index (χ0n) is 18.3. The first kappa shape index (κ1) is 21.9. The minimum Gasteiger partial charge on any atom is -0.489 e. The van der Waals surface area contributed by atoms with Crippen LogP contribution in [-0.4, -0.2) is 17.0 Å². The van der Waals surface area contributed by atoms with Gasteiger partial charge in [0.2, 0.25) is 0 Å². The molecule has 33 heavy (non-hydrogen) atoms. The molecule has 168 valence electrons. The van der Waals surface area contributed by atoms with E-state index in [1.807, 2.05) is 13.8 Å². The molecule has 0 saturated heterocycles. The smallest absolute Gasteiger partial charge is 0.255 e. The molecule has 0 saturated carbocycles. The number of aromatic nitrogens is 1. The van der Waals surface area contributed by atoms with Crippen molar-refractivity contribution in [3.05, 3.63) is 101 Å². The van der Waals surface area contributed by atoms with Crippen LogP contribution in [0.15, 0.2) is 75.9 Å². The molecule has 2 amide bonds. The second-order valence-electron chi connectivity index (χ2n) is 7.38. The molecule has 0 aliphatic heterocycles. The molecule has 8 heteroatoms. The van der Waals surface area contributed by atoms with Crippen LogP contribution in [0.3, 0.4) is 0 Å². The summed E-state index contributed by atoms with van der Waals surface area (Å²) in [6.45, 7) is 4.27. The summed E-state index contributed by atoms with van der Waals surface area (Å²) in [7, 11) is 0. The molecule has 2 aromatic heterocycles. The van der Waals surface area contributed by atoms with Gasteiger partial charge in [0, 0.05) is 5.56 Å². The third-order valence-corrected chi connectivity index (χ3v) is 5.10. The monoisotopic (exact) mass is 445 g/mol. The number of carbonyl (C=O) groups is 2. The summed E-state index contributed by atoms with van der Waals surface area (Å²) in [6.07, 6.45) is 1.54. The molecule has 2 heterocycles. The minimum atomic E-state index is -0.335. The number of anilines is 1. The Morgan fingerprint density at radius 3 is 2.45 bits per heavy atom. The number of aryl methyl sites for hydroxylation is 2. The van der Waals surface area contributed by atoms with E-state index >= 15 is 0 Å². The Morgan fingerprint density at radius 1 is 0.970 bits per heavy atom. The van der Waals surface area contributed by atoms with Gasteiger partial charge in [0.25, 0.3) is 11.8 Å². The zero-order valence-corrected chi connectivity index (χ0v) is 18.3. The van der Waals surface area contributed by atoms with Crippen LogP contribution in [0.2, 0.25) is 0 Å². The highest BCUT2D eigenvalue weighted by atomic mass is 16.5. The number of rotatable bonds is 8. The number of benzene rings is 2. The van der Waals surface area contributed by atoms with Gasteiger partial charge in [0.1, 0.15) is 23.9 Å². The predicted molar refractivity (Wildman–Crippen MR) is 121 cm³/mol. The van der Waals surface area contributed by atoms with Crippen LogP contribution in [0.25, 0.3) is 0 Å². The molecule has 0 aliphatic carbocycles. The molecule has 0 fully saturated rings. The van der Waals surface area contributed by atoms with Crippen molar-refractivity contribution in [3.63, 3.8) is 0 Å². The van der Waals surface area contributed by atoms with Gasteiger partial charge in [-0.25, -0.2) is 0 Å². The zero-order chi connectivity index (χ0) is 23.2. The lowest BCUT2D eigenvalue weighted by molar-refractivity contribution is 0.0949. The Kier molecular flexibility index (Phi) is 6.54. The molecule has 2 N–H and O–H groups in total. The lowest BCUT2D eigenvalue weighted by Crippen LogP contribution is -2.24. The van der Waals surface area contributed by atoms with E-state index in [1.165, 1.54) is 0 Å². The summed E-state index contributed by atoms with van der Waals surface area (Å²) < 4.78 is 16.1. The largest absolute Gasteiger partial charge is 0.489 e. The van der Waals surface area contributed by atoms with Crippen LogP contribution >= 0.6 is 0 Å². The van der Waals surface area contributed by atoms with E-state index in [0.29, 0.717) is 34.9 Å². The van der Waals surface area contributed by atoms with Gasteiger partial charge >= 0.3 is 0 Å². The van der Waals surface area contributed by atoms with Gasteiger partial charge in [-0.2, -0.15) is 0 Å². The van der Waals surface area contributed by atoms with E-state index < -0.39 is 0 Å². The van der Waals surface area contributed by atoms with E-state index in [1.54, 1.807) is 66.9 Å². The van der Waals surface area contributed by atoms with Crippen molar-refractivity contribution in [1.82, 2.24) is 10.5 Å². The molecule has 8 nitrogen and oxygen atoms in total. The maximum atomic E-state index is 12.8. The fourth-order valence-corrected chi connectivity index (χ4v) is 3.23. The van der Waals surface area contributed by atoms with E-state index in [9.17, 15) is 9.59 Å². The van der Waals surface area contributed by atoms with Crippen LogP contribution in [0.4, 0.5) is 5.69 Å². The summed E-state index contributed by atoms with van der Waals surface area (Å²) >= 11 is 0. The number of hydrogen-bond acceptors (Lipinski definition) is 6. The van der Waals surface area contributed by atoms with Gasteiger partial charge in [-0.05, 0) is 62.4 Å². The first-order valence-electron chi connectivity index (χ1n) is 10.4. The number of nitrogens with one attached hydrogen (secondary N) is 2. The molecular formula is C25H23N3O5. The van der Waals surface area contributed by atoms with E-state index in [0.717, 1.165) is 17.0 Å². The van der Waals surface area contributed by atoms with Gasteiger partial charge in [0.15, 0.2) is 0 Å². The highest BCUT2D eigenvalue weighted by Crippen LogP contribution is 2.20. The number of ether oxygens (including phenoxy) is 1. The summed E-state index contributed by atoms with van der Waals surface area (Å²) in [4.78, 5) is 25.4. The summed E-state index contributed by atoms with van der Waals surface area (Å²) in [5, 5.41) is 9.50. The topological polar surface area (TPSA) is 107 Å². The van der Waals surface area contributed by atoms with Crippen LogP contribution in [0.1, 0.15) is 43.5 Å². The average molecular weight is 445 g/mol. The summed E-state index contributed by atoms with van der Waals surface area (Å²) in [6, 6.07) is 17.1. The van der Waals surface area contributed by atoms with Crippen molar-refractivity contribution in [3.8, 4) is 5.75 Å². The SMILES string of the molecule is Cc1noc(C)c1COc1ccc(C(=O)Nc2ccccc2C(=O)NCc2ccco2)cc1. The Morgan fingerprint density at radius 2 is 1.76 bits per heavy atom. The number of amides is 2. The Hall–Kier alpha value is -4.33. The van der Waals surface area contributed by atoms with Crippen molar-refractivity contribution in [2.24, 2.45) is 0 Å². The number of hydrogen-bond donors (Lipinski definition) is 2. The fourth-order valence-electron chi connectivity index (χ4n) is 3.23. The maximum Gasteiger partial charge on any atom is 0.255 e. The molecule has 0 bridgehead atoms. The lowest BCUT2D eigenvalue weighted by Gasteiger charge is -2.12. The Bertz CT molecular complexity index is 1220. The predicted octanol–water partition coefficient (Wildman–Crippen LogP) is 4.65. The van der Waals surface area contributed by atoms with Crippen LogP contribution in [0.5, 0.6) is 5.75 Å². The number of para-hydroxylation sites is 1. The fraction of sp³-hybridized carbons (Fsp3) is 0.160. The highest BCUT2D eigenvalue weighted by molar-refractivity contribution is 6.09. The van der Waals surface area contributed by atoms with E-state index in [-0.39, 0.29) is 18.4 Å². The highest BCUT2D eigenvalue weighted by Gasteiger charge is 2.15. The second-order valence-corrected chi connectivity index (χ2v) is 7.38. The number of nitrogens with zero attached hydrogens (tertiary/aromatic N) is 1. The first-order valence-corrected chi connectivity index (χ1v) is 10.4. The molecule has 0 unspecified atom stereocenters. The molecule has 0 atom stereocenters. The van der Waals surface area contributed by atoms with E-state index in [2.05, 4.69) is 15.8 Å². The van der Waals surface area contributed by atoms with Crippen LogP contribution in [-0.2, 0) is 13.2 Å². The summed E-state index contributed by atoms with van der Waals surface area (Å²) in [5.41, 5.74) is 2.90. The third kappa shape index (κ3) is 5.30. The third-order valence-electron chi connectivity index (χ3n) is 5.10. The minimum absolute atomic E-state index is 0.253. The number of carbonyl (C=O) groups excluding carboxylic acids is 2. The summed E-state index contributed by atoms with van der Waals surface area (Å²) in [5.74, 6) is 1.32. The first-order chi connectivity index (χ1) is 16.0. The van der Waals surface area contributed by atoms with Crippen molar-refractivity contribution in [2.45, 2.75) is 27.0 Å². The van der Waals surface area contributed by atoms with Crippen molar-refractivity contribution in [2.75, 3.05) is 5.32 Å². The Labute approximate surface area is 190 Å². The number of furan rings is 1. The lowest BCUT2D eigenvalue weighted by atomic mass is 10.1. The molecule has 0 spiro atoms. The van der Waals surface area contributed by atoms with Gasteiger partial charge in [-0.3, -0.25) is 9.59 Å². The average Bonchev–Trinajstić information content (AvgIpc) is 3.46. The van der Waals surface area contributed by atoms with Gasteiger partial charge in [-0.15, -0.1) is 0 Å². The van der Waals surface area contributed by atoms with Crippen LogP contribution in [0, 0.1) is 13.8 Å². The standard InChI is InChI=1S/C25H23N3O5/c1-16-22(17(2)33-28-16)15-32-19-11-9-18(10-12-19)24(29)27-23-8-4-3-7-21(23)25(30)26-14-20-6-5-13-31-20/h3-13H,14-15H2,1-2H3,(H,26,30)(H,27,29). The van der Waals surface area contributed by atoms with E-state index in [4.69, 9.17) is 13.7 Å². The van der Waals surface area contributed by atoms with Gasteiger partial charge in [-0.1, -0.05) is 17.3 Å².